The summed E-state index contributed by atoms with van der Waals surface area (Å²) in [5, 5.41) is 9.24. The fourth-order valence-corrected chi connectivity index (χ4v) is 11.4. The molecule has 5 nitrogen and oxygen atoms in total. The van der Waals surface area contributed by atoms with Crippen molar-refractivity contribution in [3.05, 3.63) is 224 Å². The van der Waals surface area contributed by atoms with E-state index in [2.05, 4.69) is 234 Å². The second-order valence-electron chi connectivity index (χ2n) is 17.2. The maximum atomic E-state index is 5.42. The number of para-hydroxylation sites is 3. The Balaban J connectivity index is 0.913. The summed E-state index contributed by atoms with van der Waals surface area (Å²) in [6.07, 6.45) is 0. The molecule has 0 saturated heterocycles. The SMILES string of the molecule is c1ccc(-c2nc3ccc4c5cc(-c6ccc7c(c6)c6ccccc6n7-c6nc(-c7ccc(-c8cccc9ccccc89)cc7)c7ccccc7n6)ccc5n(-c5ccccc5)c4c3s2)cc1. The van der Waals surface area contributed by atoms with Crippen LogP contribution in [0, 0.1) is 0 Å². The number of thiazole rings is 1. The van der Waals surface area contributed by atoms with Crippen molar-refractivity contribution in [2.75, 3.05) is 0 Å². The van der Waals surface area contributed by atoms with E-state index in [1.54, 1.807) is 11.3 Å². The molecule has 4 heterocycles. The van der Waals surface area contributed by atoms with Crippen LogP contribution in [0.2, 0.25) is 0 Å². The number of hydrogen-bond donors (Lipinski definition) is 0. The van der Waals surface area contributed by atoms with Crippen LogP contribution in [0.4, 0.5) is 0 Å². The summed E-state index contributed by atoms with van der Waals surface area (Å²) in [4.78, 5) is 15.8. The summed E-state index contributed by atoms with van der Waals surface area (Å²) in [7, 11) is 0. The van der Waals surface area contributed by atoms with Crippen LogP contribution in [-0.4, -0.2) is 24.1 Å². The van der Waals surface area contributed by atoms with E-state index >= 15 is 0 Å². The van der Waals surface area contributed by atoms with Crippen LogP contribution in [0.15, 0.2) is 224 Å². The molecule has 312 valence electrons. The number of benzene rings is 10. The first-order valence-corrected chi connectivity index (χ1v) is 23.4. The standard InChI is InChI=1S/C61H37N5S/c1-3-15-41(16-4-1)60-62-53-33-32-48-51-37-43(30-34-55(51)65(58(48)59(53)67-60)44-18-5-2-6-19-44)42-31-35-56-50(36-42)47-21-10-12-25-54(47)66(56)61-63-52-24-11-9-22-49(52)57(64-61)40-28-26-39(27-29-40)46-23-13-17-38-14-7-8-20-45(38)46/h1-37H. The van der Waals surface area contributed by atoms with E-state index in [0.717, 1.165) is 82.4 Å². The van der Waals surface area contributed by atoms with Crippen LogP contribution in [0.1, 0.15) is 0 Å². The van der Waals surface area contributed by atoms with Crippen molar-refractivity contribution in [3.63, 3.8) is 0 Å². The van der Waals surface area contributed by atoms with E-state index < -0.39 is 0 Å². The van der Waals surface area contributed by atoms with E-state index in [4.69, 9.17) is 15.0 Å². The molecular formula is C61H37N5S. The van der Waals surface area contributed by atoms with E-state index in [1.165, 1.54) is 42.9 Å². The van der Waals surface area contributed by atoms with Crippen molar-refractivity contribution >= 4 is 86.8 Å². The number of hydrogen-bond acceptors (Lipinski definition) is 4. The summed E-state index contributed by atoms with van der Waals surface area (Å²) in [5.41, 5.74) is 15.3. The van der Waals surface area contributed by atoms with Crippen molar-refractivity contribution in [1.82, 2.24) is 24.1 Å². The first-order chi connectivity index (χ1) is 33.2. The van der Waals surface area contributed by atoms with Crippen LogP contribution < -0.4 is 0 Å². The minimum absolute atomic E-state index is 0.644. The first-order valence-electron chi connectivity index (χ1n) is 22.6. The van der Waals surface area contributed by atoms with Gasteiger partial charge in [0.25, 0.3) is 0 Å². The van der Waals surface area contributed by atoms with Gasteiger partial charge in [0.15, 0.2) is 0 Å². The molecule has 0 aliphatic carbocycles. The van der Waals surface area contributed by atoms with Crippen LogP contribution in [0.25, 0.3) is 131 Å². The smallest absolute Gasteiger partial charge is 0.235 e. The highest BCUT2D eigenvalue weighted by Crippen LogP contribution is 2.43. The topological polar surface area (TPSA) is 48.5 Å². The van der Waals surface area contributed by atoms with Crippen LogP contribution in [0.5, 0.6) is 0 Å². The molecule has 6 heteroatoms. The second-order valence-corrected chi connectivity index (χ2v) is 18.2. The van der Waals surface area contributed by atoms with Crippen LogP contribution in [-0.2, 0) is 0 Å². The molecule has 0 aliphatic heterocycles. The Kier molecular flexibility index (Phi) is 8.38. The van der Waals surface area contributed by atoms with Gasteiger partial charge in [0.05, 0.1) is 43.5 Å². The van der Waals surface area contributed by atoms with Gasteiger partial charge >= 0.3 is 0 Å². The largest absolute Gasteiger partial charge is 0.308 e. The Hall–Kier alpha value is -8.71. The zero-order valence-corrected chi connectivity index (χ0v) is 36.8. The molecule has 14 rings (SSSR count). The Morgan fingerprint density at radius 2 is 0.955 bits per heavy atom. The molecule has 0 radical (unpaired) electrons. The fraction of sp³-hybridized carbons (Fsp3) is 0. The second kappa shape index (κ2) is 14.9. The molecule has 0 unspecified atom stereocenters. The van der Waals surface area contributed by atoms with Gasteiger partial charge in [-0.2, -0.15) is 0 Å². The normalized spacial score (nSPS) is 11.9. The lowest BCUT2D eigenvalue weighted by molar-refractivity contribution is 1.01. The van der Waals surface area contributed by atoms with Crippen molar-refractivity contribution in [1.29, 1.82) is 0 Å². The van der Waals surface area contributed by atoms with Gasteiger partial charge in [-0.3, -0.25) is 4.57 Å². The molecule has 4 aromatic heterocycles. The molecular weight excluding hydrogens is 835 g/mol. The highest BCUT2D eigenvalue weighted by atomic mass is 32.1. The summed E-state index contributed by atoms with van der Waals surface area (Å²) >= 11 is 1.76. The third-order valence-corrected chi connectivity index (χ3v) is 14.5. The number of rotatable bonds is 6. The molecule has 10 aromatic carbocycles. The Labute approximate surface area is 389 Å². The zero-order valence-electron chi connectivity index (χ0n) is 36.0. The Morgan fingerprint density at radius 3 is 1.76 bits per heavy atom. The average molecular weight is 872 g/mol. The Morgan fingerprint density at radius 1 is 0.343 bits per heavy atom. The zero-order chi connectivity index (χ0) is 44.0. The summed E-state index contributed by atoms with van der Waals surface area (Å²) < 4.78 is 5.83. The average Bonchev–Trinajstić information content (AvgIpc) is 4.09. The molecule has 0 amide bonds. The lowest BCUT2D eigenvalue weighted by Crippen LogP contribution is -2.03. The van der Waals surface area contributed by atoms with Crippen molar-refractivity contribution < 1.29 is 0 Å². The van der Waals surface area contributed by atoms with Gasteiger partial charge in [-0.15, -0.1) is 11.3 Å². The highest BCUT2D eigenvalue weighted by molar-refractivity contribution is 7.22. The lowest BCUT2D eigenvalue weighted by atomic mass is 9.96. The molecule has 0 fully saturated rings. The third kappa shape index (κ3) is 5.97. The first kappa shape index (κ1) is 37.6. The molecule has 67 heavy (non-hydrogen) atoms. The van der Waals surface area contributed by atoms with Crippen LogP contribution >= 0.6 is 11.3 Å². The monoisotopic (exact) mass is 871 g/mol. The molecule has 0 bridgehead atoms. The number of fused-ring (bicyclic) bond motifs is 10. The minimum atomic E-state index is 0.644. The summed E-state index contributed by atoms with van der Waals surface area (Å²) in [5.74, 6) is 0.644. The summed E-state index contributed by atoms with van der Waals surface area (Å²) in [6, 6.07) is 80.3. The predicted octanol–water partition coefficient (Wildman–Crippen LogP) is 16.3. The Bertz CT molecular complexity index is 4250. The summed E-state index contributed by atoms with van der Waals surface area (Å²) in [6.45, 7) is 0. The molecule has 0 atom stereocenters. The van der Waals surface area contributed by atoms with Gasteiger partial charge in [-0.1, -0.05) is 164 Å². The van der Waals surface area contributed by atoms with Gasteiger partial charge in [0, 0.05) is 43.7 Å². The van der Waals surface area contributed by atoms with E-state index in [-0.39, 0.29) is 0 Å². The molecule has 0 spiro atoms. The highest BCUT2D eigenvalue weighted by Gasteiger charge is 2.21. The van der Waals surface area contributed by atoms with E-state index in [1.807, 2.05) is 0 Å². The minimum Gasteiger partial charge on any atom is -0.308 e. The van der Waals surface area contributed by atoms with E-state index in [0.29, 0.717) is 5.95 Å². The molecule has 14 aromatic rings. The van der Waals surface area contributed by atoms with Crippen molar-refractivity contribution in [2.45, 2.75) is 0 Å². The number of nitrogens with zero attached hydrogens (tertiary/aromatic N) is 5. The maximum absolute atomic E-state index is 5.42. The van der Waals surface area contributed by atoms with Gasteiger partial charge in [0.2, 0.25) is 5.95 Å². The molecule has 0 aliphatic rings. The maximum Gasteiger partial charge on any atom is 0.235 e. The van der Waals surface area contributed by atoms with Crippen LogP contribution in [0.3, 0.4) is 0 Å². The predicted molar refractivity (Wildman–Crippen MR) is 281 cm³/mol. The van der Waals surface area contributed by atoms with Gasteiger partial charge in [-0.25, -0.2) is 15.0 Å². The molecule has 0 N–H and O–H groups in total. The van der Waals surface area contributed by atoms with Crippen molar-refractivity contribution in [3.8, 4) is 55.7 Å². The quantitative estimate of drug-likeness (QED) is 0.167. The number of aromatic nitrogens is 5. The molecule has 0 saturated carbocycles. The van der Waals surface area contributed by atoms with Gasteiger partial charge in [0.1, 0.15) is 5.01 Å². The van der Waals surface area contributed by atoms with Gasteiger partial charge < -0.3 is 4.57 Å². The third-order valence-electron chi connectivity index (χ3n) is 13.4. The fourth-order valence-electron chi connectivity index (χ4n) is 10.3. The van der Waals surface area contributed by atoms with Crippen molar-refractivity contribution in [2.24, 2.45) is 0 Å². The van der Waals surface area contributed by atoms with Gasteiger partial charge in [-0.05, 0) is 93.7 Å². The lowest BCUT2D eigenvalue weighted by Gasteiger charge is -2.13. The van der Waals surface area contributed by atoms with E-state index in [9.17, 15) is 0 Å².